The average molecular weight is 411 g/mol. The second kappa shape index (κ2) is 8.15. The number of nitrogens with zero attached hydrogens (tertiary/aromatic N) is 1. The molecule has 2 aromatic rings. The van der Waals surface area contributed by atoms with Crippen molar-refractivity contribution in [2.24, 2.45) is 0 Å². The van der Waals surface area contributed by atoms with Crippen LogP contribution in [-0.4, -0.2) is 36.4 Å². The van der Waals surface area contributed by atoms with E-state index in [-0.39, 0.29) is 22.2 Å². The Bertz CT molecular complexity index is 891. The molecule has 1 saturated heterocycles. The van der Waals surface area contributed by atoms with Crippen LogP contribution in [0.15, 0.2) is 36.4 Å². The third kappa shape index (κ3) is 4.17. The van der Waals surface area contributed by atoms with E-state index in [1.165, 1.54) is 30.2 Å². The number of carbonyl (C=O) groups excluding carboxylic acids is 2. The maximum Gasteiger partial charge on any atom is 0.258 e. The zero-order valence-electron chi connectivity index (χ0n) is 14.5. The van der Waals surface area contributed by atoms with Gasteiger partial charge in [-0.1, -0.05) is 23.2 Å². The number of anilines is 1. The molecule has 2 aromatic carbocycles. The van der Waals surface area contributed by atoms with Crippen molar-refractivity contribution in [1.82, 2.24) is 4.90 Å². The molecule has 0 radical (unpaired) electrons. The van der Waals surface area contributed by atoms with Gasteiger partial charge < -0.3 is 15.0 Å². The number of rotatable bonds is 4. The number of halogens is 3. The summed E-state index contributed by atoms with van der Waals surface area (Å²) >= 11 is 11.7. The Labute approximate surface area is 166 Å². The van der Waals surface area contributed by atoms with Crippen LogP contribution in [0.2, 0.25) is 10.0 Å². The minimum absolute atomic E-state index is 0.0176. The van der Waals surface area contributed by atoms with Crippen LogP contribution >= 0.6 is 23.2 Å². The van der Waals surface area contributed by atoms with Crippen molar-refractivity contribution in [1.29, 1.82) is 0 Å². The SMILES string of the molecule is COc1ccc(Cl)cc1C(=O)N1CCC[C@@H]1C(=O)Nc1ccc(Cl)cc1F. The number of nitrogens with one attached hydrogen (secondary N) is 1. The molecule has 2 amide bonds. The topological polar surface area (TPSA) is 58.6 Å². The second-order valence-corrected chi connectivity index (χ2v) is 6.99. The van der Waals surface area contributed by atoms with Crippen LogP contribution < -0.4 is 10.1 Å². The summed E-state index contributed by atoms with van der Waals surface area (Å²) in [6, 6.07) is 8.00. The molecule has 1 N–H and O–H groups in total. The van der Waals surface area contributed by atoms with Gasteiger partial charge in [0.15, 0.2) is 0 Å². The minimum atomic E-state index is -0.712. The Morgan fingerprint density at radius 2 is 1.89 bits per heavy atom. The first-order chi connectivity index (χ1) is 12.9. The Morgan fingerprint density at radius 3 is 2.59 bits per heavy atom. The van der Waals surface area contributed by atoms with E-state index in [2.05, 4.69) is 5.32 Å². The molecule has 142 valence electrons. The molecule has 0 aliphatic carbocycles. The molecule has 3 rings (SSSR count). The molecule has 1 aliphatic rings. The molecule has 0 bridgehead atoms. The van der Waals surface area contributed by atoms with E-state index in [9.17, 15) is 14.0 Å². The molecule has 1 aliphatic heterocycles. The molecule has 5 nitrogen and oxygen atoms in total. The van der Waals surface area contributed by atoms with Gasteiger partial charge in [-0.2, -0.15) is 0 Å². The van der Waals surface area contributed by atoms with Crippen molar-refractivity contribution in [2.45, 2.75) is 18.9 Å². The van der Waals surface area contributed by atoms with Gasteiger partial charge >= 0.3 is 0 Å². The minimum Gasteiger partial charge on any atom is -0.496 e. The number of carbonyl (C=O) groups is 2. The van der Waals surface area contributed by atoms with E-state index in [4.69, 9.17) is 27.9 Å². The quantitative estimate of drug-likeness (QED) is 0.812. The lowest BCUT2D eigenvalue weighted by Gasteiger charge is -2.25. The normalized spacial score (nSPS) is 16.3. The van der Waals surface area contributed by atoms with Crippen molar-refractivity contribution in [3.8, 4) is 5.75 Å². The highest BCUT2D eigenvalue weighted by molar-refractivity contribution is 6.31. The van der Waals surface area contributed by atoms with Gasteiger partial charge in [0.1, 0.15) is 17.6 Å². The summed E-state index contributed by atoms with van der Waals surface area (Å²) in [7, 11) is 1.46. The zero-order chi connectivity index (χ0) is 19.6. The maximum atomic E-state index is 14.0. The maximum absolute atomic E-state index is 14.0. The smallest absolute Gasteiger partial charge is 0.258 e. The van der Waals surface area contributed by atoms with Crippen LogP contribution in [0.5, 0.6) is 5.75 Å². The number of benzene rings is 2. The zero-order valence-corrected chi connectivity index (χ0v) is 16.0. The Morgan fingerprint density at radius 1 is 1.19 bits per heavy atom. The fourth-order valence-electron chi connectivity index (χ4n) is 3.09. The van der Waals surface area contributed by atoms with Crippen molar-refractivity contribution in [3.63, 3.8) is 0 Å². The van der Waals surface area contributed by atoms with E-state index >= 15 is 0 Å². The molecule has 0 aromatic heterocycles. The van der Waals surface area contributed by atoms with Gasteiger partial charge in [-0.05, 0) is 49.2 Å². The van der Waals surface area contributed by atoms with Crippen molar-refractivity contribution < 1.29 is 18.7 Å². The predicted octanol–water partition coefficient (Wildman–Crippen LogP) is 4.38. The molecular weight excluding hydrogens is 394 g/mol. The van der Waals surface area contributed by atoms with Crippen LogP contribution in [0.3, 0.4) is 0 Å². The van der Waals surface area contributed by atoms with Gasteiger partial charge in [0.25, 0.3) is 5.91 Å². The summed E-state index contributed by atoms with van der Waals surface area (Å²) in [5.74, 6) is -1.07. The number of likely N-dealkylation sites (tertiary alicyclic amines) is 1. The summed E-state index contributed by atoms with van der Waals surface area (Å²) in [5.41, 5.74) is 0.298. The second-order valence-electron chi connectivity index (χ2n) is 6.11. The third-order valence-corrected chi connectivity index (χ3v) is 4.87. The van der Waals surface area contributed by atoms with Crippen LogP contribution in [0, 0.1) is 5.82 Å². The lowest BCUT2D eigenvalue weighted by molar-refractivity contribution is -0.119. The van der Waals surface area contributed by atoms with Crippen LogP contribution in [0.25, 0.3) is 0 Å². The van der Waals surface area contributed by atoms with Crippen LogP contribution in [-0.2, 0) is 4.79 Å². The highest BCUT2D eigenvalue weighted by atomic mass is 35.5. The molecule has 1 fully saturated rings. The molecule has 0 unspecified atom stereocenters. The summed E-state index contributed by atoms with van der Waals surface area (Å²) in [6.07, 6.45) is 1.14. The first-order valence-corrected chi connectivity index (χ1v) is 9.06. The number of hydrogen-bond acceptors (Lipinski definition) is 3. The van der Waals surface area contributed by atoms with Crippen LogP contribution in [0.1, 0.15) is 23.2 Å². The molecule has 8 heteroatoms. The van der Waals surface area contributed by atoms with Gasteiger partial charge in [0.2, 0.25) is 5.91 Å². The highest BCUT2D eigenvalue weighted by Gasteiger charge is 2.35. The molecule has 0 saturated carbocycles. The van der Waals surface area contributed by atoms with E-state index in [0.29, 0.717) is 30.2 Å². The largest absolute Gasteiger partial charge is 0.496 e. The third-order valence-electron chi connectivity index (χ3n) is 4.40. The van der Waals surface area contributed by atoms with Gasteiger partial charge in [-0.3, -0.25) is 9.59 Å². The summed E-state index contributed by atoms with van der Waals surface area (Å²) in [5, 5.41) is 3.16. The standard InChI is InChI=1S/C19H17Cl2FN2O3/c1-27-17-7-5-11(20)9-13(17)19(26)24-8-2-3-16(24)18(25)23-15-6-4-12(21)10-14(15)22/h4-7,9-10,16H,2-3,8H2,1H3,(H,23,25)/t16-/m1/s1. The van der Waals surface area contributed by atoms with Crippen molar-refractivity contribution in [2.75, 3.05) is 19.0 Å². The monoisotopic (exact) mass is 410 g/mol. The summed E-state index contributed by atoms with van der Waals surface area (Å²) < 4.78 is 19.2. The fraction of sp³-hybridized carbons (Fsp3) is 0.263. The number of hydrogen-bond donors (Lipinski definition) is 1. The Balaban J connectivity index is 1.81. The molecule has 27 heavy (non-hydrogen) atoms. The molecule has 1 atom stereocenters. The van der Waals surface area contributed by atoms with Gasteiger partial charge in [-0.15, -0.1) is 0 Å². The van der Waals surface area contributed by atoms with E-state index in [1.54, 1.807) is 12.1 Å². The van der Waals surface area contributed by atoms with E-state index < -0.39 is 17.8 Å². The fourth-order valence-corrected chi connectivity index (χ4v) is 3.42. The highest BCUT2D eigenvalue weighted by Crippen LogP contribution is 2.28. The van der Waals surface area contributed by atoms with E-state index in [0.717, 1.165) is 6.07 Å². The van der Waals surface area contributed by atoms with Gasteiger partial charge in [-0.25, -0.2) is 4.39 Å². The number of ether oxygens (including phenoxy) is 1. The molecule has 1 heterocycles. The Hall–Kier alpha value is -2.31. The summed E-state index contributed by atoms with van der Waals surface area (Å²) in [6.45, 7) is 0.412. The molecular formula is C19H17Cl2FN2O3. The van der Waals surface area contributed by atoms with Crippen molar-refractivity contribution >= 4 is 40.7 Å². The van der Waals surface area contributed by atoms with E-state index in [1.807, 2.05) is 0 Å². The van der Waals surface area contributed by atoms with Crippen molar-refractivity contribution in [3.05, 3.63) is 57.8 Å². The predicted molar refractivity (Wildman–Crippen MR) is 102 cm³/mol. The first-order valence-electron chi connectivity index (χ1n) is 8.31. The lowest BCUT2D eigenvalue weighted by atomic mass is 10.1. The Kier molecular flexibility index (Phi) is 5.87. The summed E-state index contributed by atoms with van der Waals surface area (Å²) in [4.78, 5) is 27.1. The first kappa shape index (κ1) is 19.5. The van der Waals surface area contributed by atoms with Crippen LogP contribution in [0.4, 0.5) is 10.1 Å². The van der Waals surface area contributed by atoms with Gasteiger partial charge in [0, 0.05) is 16.6 Å². The number of amides is 2. The molecule has 0 spiro atoms. The average Bonchev–Trinajstić information content (AvgIpc) is 3.13. The number of methoxy groups -OCH3 is 1. The van der Waals surface area contributed by atoms with Gasteiger partial charge in [0.05, 0.1) is 18.4 Å². The lowest BCUT2D eigenvalue weighted by Crippen LogP contribution is -2.43.